The Hall–Kier alpha value is -0.370. The largest absolute Gasteiger partial charge is 0.245 e. The van der Waals surface area contributed by atoms with Crippen LogP contribution in [0.5, 0.6) is 0 Å². The summed E-state index contributed by atoms with van der Waals surface area (Å²) in [6, 6.07) is 0. The van der Waals surface area contributed by atoms with Gasteiger partial charge >= 0.3 is 0 Å². The molecule has 0 radical (unpaired) electrons. The maximum absolute atomic E-state index is 4.86. The van der Waals surface area contributed by atoms with Crippen LogP contribution in [-0.2, 0) is 10.8 Å². The van der Waals surface area contributed by atoms with Crippen molar-refractivity contribution in [1.29, 1.82) is 0 Å². The second kappa shape index (κ2) is 4.48. The molecule has 0 aliphatic heterocycles. The highest BCUT2D eigenvalue weighted by atomic mass is 32.1. The molecule has 0 bridgehead atoms. The van der Waals surface area contributed by atoms with E-state index in [1.807, 2.05) is 11.3 Å². The minimum absolute atomic E-state index is 0.187. The van der Waals surface area contributed by atoms with E-state index in [1.165, 1.54) is 10.7 Å². The van der Waals surface area contributed by atoms with Crippen molar-refractivity contribution in [3.63, 3.8) is 0 Å². The van der Waals surface area contributed by atoms with Gasteiger partial charge in [0.05, 0.1) is 10.7 Å². The lowest BCUT2D eigenvalue weighted by Crippen LogP contribution is -2.25. The molecule has 0 unspecified atom stereocenters. The average Bonchev–Trinajstić information content (AvgIpc) is 2.67. The lowest BCUT2D eigenvalue weighted by Gasteiger charge is -2.27. The summed E-state index contributed by atoms with van der Waals surface area (Å²) in [5.41, 5.74) is 1.65. The molecule has 16 heavy (non-hydrogen) atoms. The van der Waals surface area contributed by atoms with Gasteiger partial charge < -0.3 is 0 Å². The molecular weight excluding hydrogens is 214 g/mol. The fraction of sp³-hybridized carbons (Fsp3) is 0.786. The van der Waals surface area contributed by atoms with Crippen molar-refractivity contribution in [1.82, 2.24) is 4.98 Å². The highest BCUT2D eigenvalue weighted by Gasteiger charge is 2.30. The number of rotatable bonds is 4. The Kier molecular flexibility index (Phi) is 3.83. The van der Waals surface area contributed by atoms with Crippen LogP contribution in [0.15, 0.2) is 5.38 Å². The number of thiazole rings is 1. The molecule has 1 aromatic rings. The third kappa shape index (κ3) is 2.48. The van der Waals surface area contributed by atoms with Gasteiger partial charge in [0.1, 0.15) is 0 Å². The van der Waals surface area contributed by atoms with Crippen LogP contribution in [-0.4, -0.2) is 4.98 Å². The average molecular weight is 239 g/mol. The standard InChI is InChI=1S/C14H25NS/c1-8-13(4,5)11-9-16-12(15-11)14(6,7)10(2)3/h9-10H,8H2,1-7H3. The summed E-state index contributed by atoms with van der Waals surface area (Å²) in [7, 11) is 0. The number of aromatic nitrogens is 1. The first kappa shape index (κ1) is 13.7. The molecular formula is C14H25NS. The monoisotopic (exact) mass is 239 g/mol. The van der Waals surface area contributed by atoms with Crippen molar-refractivity contribution < 1.29 is 0 Å². The molecule has 2 heteroatoms. The van der Waals surface area contributed by atoms with Gasteiger partial charge in [0.15, 0.2) is 0 Å². The first-order chi connectivity index (χ1) is 7.21. The second-order valence-corrected chi connectivity index (χ2v) is 7.01. The van der Waals surface area contributed by atoms with E-state index in [9.17, 15) is 0 Å². The van der Waals surface area contributed by atoms with Crippen LogP contribution in [0.3, 0.4) is 0 Å². The van der Waals surface area contributed by atoms with Gasteiger partial charge in [0.2, 0.25) is 0 Å². The smallest absolute Gasteiger partial charge is 0.0987 e. The van der Waals surface area contributed by atoms with Gasteiger partial charge in [0, 0.05) is 16.2 Å². The van der Waals surface area contributed by atoms with E-state index >= 15 is 0 Å². The lowest BCUT2D eigenvalue weighted by atomic mass is 9.81. The quantitative estimate of drug-likeness (QED) is 0.738. The molecule has 0 amide bonds. The van der Waals surface area contributed by atoms with Gasteiger partial charge in [-0.2, -0.15) is 0 Å². The predicted octanol–water partition coefficient (Wildman–Crippen LogP) is 4.76. The van der Waals surface area contributed by atoms with Crippen LogP contribution in [0.2, 0.25) is 0 Å². The van der Waals surface area contributed by atoms with E-state index in [2.05, 4.69) is 53.8 Å². The maximum atomic E-state index is 4.86. The summed E-state index contributed by atoms with van der Waals surface area (Å²) in [4.78, 5) is 4.86. The molecule has 0 N–H and O–H groups in total. The highest BCUT2D eigenvalue weighted by molar-refractivity contribution is 7.09. The van der Waals surface area contributed by atoms with E-state index in [4.69, 9.17) is 4.98 Å². The van der Waals surface area contributed by atoms with Crippen LogP contribution in [0.1, 0.15) is 65.6 Å². The second-order valence-electron chi connectivity index (χ2n) is 6.15. The van der Waals surface area contributed by atoms with Crippen molar-refractivity contribution in [2.75, 3.05) is 0 Å². The summed E-state index contributed by atoms with van der Waals surface area (Å²) in [6.45, 7) is 15.9. The molecule has 1 heterocycles. The van der Waals surface area contributed by atoms with Crippen molar-refractivity contribution in [2.45, 2.75) is 65.7 Å². The van der Waals surface area contributed by atoms with Crippen LogP contribution in [0, 0.1) is 5.92 Å². The highest BCUT2D eigenvalue weighted by Crippen LogP contribution is 2.36. The molecule has 1 aromatic heterocycles. The van der Waals surface area contributed by atoms with Crippen LogP contribution >= 0.6 is 11.3 Å². The van der Waals surface area contributed by atoms with E-state index in [-0.39, 0.29) is 10.8 Å². The van der Waals surface area contributed by atoms with Crippen molar-refractivity contribution >= 4 is 11.3 Å². The van der Waals surface area contributed by atoms with Gasteiger partial charge in [-0.3, -0.25) is 0 Å². The Morgan fingerprint density at radius 3 is 2.25 bits per heavy atom. The van der Waals surface area contributed by atoms with Gasteiger partial charge in [-0.25, -0.2) is 4.98 Å². The van der Waals surface area contributed by atoms with E-state index in [0.29, 0.717) is 5.92 Å². The molecule has 92 valence electrons. The van der Waals surface area contributed by atoms with Gasteiger partial charge in [-0.05, 0) is 12.3 Å². The fourth-order valence-corrected chi connectivity index (χ4v) is 2.59. The fourth-order valence-electron chi connectivity index (χ4n) is 1.31. The summed E-state index contributed by atoms with van der Waals surface area (Å²) in [5.74, 6) is 0.622. The molecule has 0 aromatic carbocycles. The third-order valence-electron chi connectivity index (χ3n) is 4.08. The minimum atomic E-state index is 0.187. The molecule has 0 saturated heterocycles. The first-order valence-corrected chi connectivity index (χ1v) is 7.06. The van der Waals surface area contributed by atoms with Crippen LogP contribution in [0.25, 0.3) is 0 Å². The summed E-state index contributed by atoms with van der Waals surface area (Å²) in [5, 5.41) is 3.52. The Balaban J connectivity index is 3.04. The zero-order valence-corrected chi connectivity index (χ0v) is 12.5. The lowest BCUT2D eigenvalue weighted by molar-refractivity contribution is 0.367. The van der Waals surface area contributed by atoms with Gasteiger partial charge in [0.25, 0.3) is 0 Å². The molecule has 0 aliphatic rings. The van der Waals surface area contributed by atoms with E-state index < -0.39 is 0 Å². The molecule has 0 saturated carbocycles. The normalized spacial score (nSPS) is 13.5. The SMILES string of the molecule is CCC(C)(C)c1csc(C(C)(C)C(C)C)n1. The molecule has 0 aliphatic carbocycles. The minimum Gasteiger partial charge on any atom is -0.245 e. The van der Waals surface area contributed by atoms with Crippen LogP contribution in [0.4, 0.5) is 0 Å². The Morgan fingerprint density at radius 2 is 1.81 bits per heavy atom. The molecule has 0 fully saturated rings. The van der Waals surface area contributed by atoms with Gasteiger partial charge in [-0.1, -0.05) is 48.5 Å². The van der Waals surface area contributed by atoms with Crippen LogP contribution < -0.4 is 0 Å². The van der Waals surface area contributed by atoms with E-state index in [1.54, 1.807) is 0 Å². The van der Waals surface area contributed by atoms with Crippen molar-refractivity contribution in [2.24, 2.45) is 5.92 Å². The number of hydrogen-bond acceptors (Lipinski definition) is 2. The number of hydrogen-bond donors (Lipinski definition) is 0. The zero-order chi connectivity index (χ0) is 12.6. The summed E-state index contributed by atoms with van der Waals surface area (Å²) < 4.78 is 0. The summed E-state index contributed by atoms with van der Waals surface area (Å²) >= 11 is 1.82. The van der Waals surface area contributed by atoms with Crippen molar-refractivity contribution in [3.8, 4) is 0 Å². The van der Waals surface area contributed by atoms with E-state index in [0.717, 1.165) is 6.42 Å². The Morgan fingerprint density at radius 1 is 1.25 bits per heavy atom. The molecule has 1 rings (SSSR count). The first-order valence-electron chi connectivity index (χ1n) is 6.18. The Labute approximate surface area is 104 Å². The Bertz CT molecular complexity index is 347. The van der Waals surface area contributed by atoms with Gasteiger partial charge in [-0.15, -0.1) is 11.3 Å². The molecule has 0 spiro atoms. The molecule has 0 atom stereocenters. The summed E-state index contributed by atoms with van der Waals surface area (Å²) in [6.07, 6.45) is 1.14. The predicted molar refractivity (Wildman–Crippen MR) is 73.3 cm³/mol. The third-order valence-corrected chi connectivity index (χ3v) is 5.26. The molecule has 1 nitrogen and oxygen atoms in total. The topological polar surface area (TPSA) is 12.9 Å². The zero-order valence-electron chi connectivity index (χ0n) is 11.7. The number of nitrogens with zero attached hydrogens (tertiary/aromatic N) is 1. The van der Waals surface area contributed by atoms with Crippen molar-refractivity contribution in [3.05, 3.63) is 16.1 Å². The maximum Gasteiger partial charge on any atom is 0.0987 e.